The number of amides is 1. The Morgan fingerprint density at radius 2 is 2.21 bits per heavy atom. The summed E-state index contributed by atoms with van der Waals surface area (Å²) in [4.78, 5) is 31.4. The molecule has 1 N–H and O–H groups in total. The molecular weight excluding hydrogens is 308 g/mol. The number of piperidine rings is 1. The van der Waals surface area contributed by atoms with Crippen molar-refractivity contribution in [2.45, 2.75) is 18.9 Å². The van der Waals surface area contributed by atoms with Crippen LogP contribution in [0.15, 0.2) is 35.4 Å². The van der Waals surface area contributed by atoms with Gasteiger partial charge in [0.05, 0.1) is 11.6 Å². The van der Waals surface area contributed by atoms with E-state index in [1.54, 1.807) is 39.5 Å². The number of likely N-dealkylation sites (tertiary alicyclic amines) is 1. The number of aromatic nitrogens is 5. The molecule has 4 rings (SSSR count). The van der Waals surface area contributed by atoms with E-state index in [0.29, 0.717) is 24.4 Å². The van der Waals surface area contributed by atoms with Crippen molar-refractivity contribution in [2.24, 2.45) is 7.05 Å². The van der Waals surface area contributed by atoms with Crippen LogP contribution in [0, 0.1) is 0 Å². The van der Waals surface area contributed by atoms with Gasteiger partial charge in [0.1, 0.15) is 5.69 Å². The summed E-state index contributed by atoms with van der Waals surface area (Å²) in [6, 6.07) is 5.30. The number of carbonyl (C=O) groups is 1. The minimum absolute atomic E-state index is 0.0725. The number of H-pyrrole nitrogens is 1. The highest BCUT2D eigenvalue weighted by Gasteiger charge is 2.29. The number of nitrogens with one attached hydrogen (secondary N) is 1. The van der Waals surface area contributed by atoms with E-state index in [-0.39, 0.29) is 17.6 Å². The lowest BCUT2D eigenvalue weighted by Crippen LogP contribution is -2.43. The van der Waals surface area contributed by atoms with Gasteiger partial charge >= 0.3 is 5.69 Å². The average Bonchev–Trinajstić information content (AvgIpc) is 3.23. The number of carbonyl (C=O) groups excluding carboxylic acids is 1. The maximum Gasteiger partial charge on any atom is 0.330 e. The van der Waals surface area contributed by atoms with Crippen LogP contribution in [0.3, 0.4) is 0 Å². The Morgan fingerprint density at radius 1 is 1.33 bits per heavy atom. The van der Waals surface area contributed by atoms with Crippen molar-refractivity contribution in [3.05, 3.63) is 46.8 Å². The summed E-state index contributed by atoms with van der Waals surface area (Å²) >= 11 is 0. The van der Waals surface area contributed by atoms with Crippen molar-refractivity contribution in [3.63, 3.8) is 0 Å². The number of aryl methyl sites for hydroxylation is 1. The van der Waals surface area contributed by atoms with Gasteiger partial charge < -0.3 is 4.90 Å². The standard InChI is InChI=1S/C16H18N6O2/c1-20-13-5-2-7-17-14(13)22(16(20)24)11-4-3-9-21(10-11)15(23)12-6-8-18-19-12/h2,5-8,11H,3-4,9-10H2,1H3,(H,18,19)/t11-/m0/s1. The lowest BCUT2D eigenvalue weighted by Gasteiger charge is -2.32. The van der Waals surface area contributed by atoms with Gasteiger partial charge in [-0.15, -0.1) is 0 Å². The summed E-state index contributed by atoms with van der Waals surface area (Å²) in [6.07, 6.45) is 4.95. The second-order valence-electron chi connectivity index (χ2n) is 6.08. The predicted octanol–water partition coefficient (Wildman–Crippen LogP) is 0.935. The molecular formula is C16H18N6O2. The highest BCUT2D eigenvalue weighted by Crippen LogP contribution is 2.24. The maximum atomic E-state index is 12.7. The SMILES string of the molecule is Cn1c(=O)n([C@H]2CCCN(C(=O)c3ccn[nH]3)C2)c2ncccc21. The first-order chi connectivity index (χ1) is 11.7. The predicted molar refractivity (Wildman–Crippen MR) is 87.7 cm³/mol. The van der Waals surface area contributed by atoms with Gasteiger partial charge in [-0.25, -0.2) is 9.78 Å². The molecule has 124 valence electrons. The monoisotopic (exact) mass is 326 g/mol. The van der Waals surface area contributed by atoms with Crippen LogP contribution in [0.1, 0.15) is 29.4 Å². The van der Waals surface area contributed by atoms with Gasteiger partial charge in [0.15, 0.2) is 5.65 Å². The number of fused-ring (bicyclic) bond motifs is 1. The molecule has 8 heteroatoms. The minimum Gasteiger partial charge on any atom is -0.335 e. The number of hydrogen-bond donors (Lipinski definition) is 1. The maximum absolute atomic E-state index is 12.7. The molecule has 1 fully saturated rings. The van der Waals surface area contributed by atoms with E-state index >= 15 is 0 Å². The van der Waals surface area contributed by atoms with E-state index in [9.17, 15) is 9.59 Å². The van der Waals surface area contributed by atoms with E-state index in [1.807, 2.05) is 12.1 Å². The first-order valence-electron chi connectivity index (χ1n) is 7.97. The molecule has 0 unspecified atom stereocenters. The Labute approximate surface area is 137 Å². The Kier molecular flexibility index (Phi) is 3.44. The molecule has 1 saturated heterocycles. The fraction of sp³-hybridized carbons (Fsp3) is 0.375. The van der Waals surface area contributed by atoms with Crippen molar-refractivity contribution < 1.29 is 4.79 Å². The van der Waals surface area contributed by atoms with Gasteiger partial charge in [-0.05, 0) is 31.0 Å². The zero-order valence-electron chi connectivity index (χ0n) is 13.3. The highest BCUT2D eigenvalue weighted by molar-refractivity contribution is 5.92. The number of pyridine rings is 1. The Hall–Kier alpha value is -2.90. The van der Waals surface area contributed by atoms with E-state index < -0.39 is 0 Å². The van der Waals surface area contributed by atoms with Crippen molar-refractivity contribution in [3.8, 4) is 0 Å². The van der Waals surface area contributed by atoms with Crippen LogP contribution in [-0.2, 0) is 7.05 Å². The molecule has 8 nitrogen and oxygen atoms in total. The molecule has 1 amide bonds. The quantitative estimate of drug-likeness (QED) is 0.759. The number of rotatable bonds is 2. The number of nitrogens with zero attached hydrogens (tertiary/aromatic N) is 5. The molecule has 0 saturated carbocycles. The van der Waals surface area contributed by atoms with Crippen LogP contribution in [-0.4, -0.2) is 48.2 Å². The van der Waals surface area contributed by atoms with E-state index in [1.165, 1.54) is 0 Å². The summed E-state index contributed by atoms with van der Waals surface area (Å²) in [5.41, 5.74) is 1.86. The topological polar surface area (TPSA) is 88.8 Å². The fourth-order valence-corrected chi connectivity index (χ4v) is 3.42. The van der Waals surface area contributed by atoms with Gasteiger partial charge in [-0.2, -0.15) is 5.10 Å². The molecule has 0 aliphatic carbocycles. The second-order valence-corrected chi connectivity index (χ2v) is 6.08. The first kappa shape index (κ1) is 14.7. The molecule has 3 aromatic heterocycles. The third-order valence-electron chi connectivity index (χ3n) is 4.63. The molecule has 3 aromatic rings. The first-order valence-corrected chi connectivity index (χ1v) is 7.97. The lowest BCUT2D eigenvalue weighted by atomic mass is 10.1. The molecule has 0 aromatic carbocycles. The van der Waals surface area contributed by atoms with Gasteiger partial charge in [-0.1, -0.05) is 0 Å². The Morgan fingerprint density at radius 3 is 3.00 bits per heavy atom. The molecule has 4 heterocycles. The zero-order valence-corrected chi connectivity index (χ0v) is 13.3. The summed E-state index contributed by atoms with van der Waals surface area (Å²) in [5, 5.41) is 6.54. The summed E-state index contributed by atoms with van der Waals surface area (Å²) in [7, 11) is 1.75. The number of imidazole rings is 1. The number of hydrogen-bond acceptors (Lipinski definition) is 4. The summed E-state index contributed by atoms with van der Waals surface area (Å²) < 4.78 is 3.33. The summed E-state index contributed by atoms with van der Waals surface area (Å²) in [5.74, 6) is -0.0848. The van der Waals surface area contributed by atoms with Crippen molar-refractivity contribution >= 4 is 17.1 Å². The van der Waals surface area contributed by atoms with Crippen molar-refractivity contribution in [1.82, 2.24) is 29.2 Å². The molecule has 1 atom stereocenters. The third-order valence-corrected chi connectivity index (χ3v) is 4.63. The van der Waals surface area contributed by atoms with E-state index in [4.69, 9.17) is 0 Å². The van der Waals surface area contributed by atoms with Crippen LogP contribution in [0.25, 0.3) is 11.2 Å². The van der Waals surface area contributed by atoms with E-state index in [2.05, 4.69) is 15.2 Å². The van der Waals surface area contributed by atoms with Gasteiger partial charge in [0.2, 0.25) is 0 Å². The fourth-order valence-electron chi connectivity index (χ4n) is 3.42. The second kappa shape index (κ2) is 5.63. The van der Waals surface area contributed by atoms with Crippen molar-refractivity contribution in [2.75, 3.05) is 13.1 Å². The Bertz CT molecular complexity index is 939. The molecule has 1 aliphatic rings. The molecule has 0 radical (unpaired) electrons. The average molecular weight is 326 g/mol. The lowest BCUT2D eigenvalue weighted by molar-refractivity contribution is 0.0673. The normalized spacial score (nSPS) is 18.2. The minimum atomic E-state index is -0.0930. The van der Waals surface area contributed by atoms with Gasteiger partial charge in [-0.3, -0.25) is 19.0 Å². The molecule has 1 aliphatic heterocycles. The van der Waals surface area contributed by atoms with Crippen LogP contribution in [0.5, 0.6) is 0 Å². The largest absolute Gasteiger partial charge is 0.335 e. The van der Waals surface area contributed by atoms with Gasteiger partial charge in [0.25, 0.3) is 5.91 Å². The third kappa shape index (κ3) is 2.22. The van der Waals surface area contributed by atoms with Crippen LogP contribution in [0.2, 0.25) is 0 Å². The van der Waals surface area contributed by atoms with Gasteiger partial charge in [0, 0.05) is 32.5 Å². The zero-order chi connectivity index (χ0) is 16.7. The molecule has 0 spiro atoms. The Balaban J connectivity index is 1.69. The van der Waals surface area contributed by atoms with Crippen LogP contribution < -0.4 is 5.69 Å². The van der Waals surface area contributed by atoms with Crippen LogP contribution >= 0.6 is 0 Å². The van der Waals surface area contributed by atoms with Crippen molar-refractivity contribution in [1.29, 1.82) is 0 Å². The molecule has 24 heavy (non-hydrogen) atoms. The summed E-state index contributed by atoms with van der Waals surface area (Å²) in [6.45, 7) is 1.18. The van der Waals surface area contributed by atoms with Crippen LogP contribution in [0.4, 0.5) is 0 Å². The smallest absolute Gasteiger partial charge is 0.330 e. The highest BCUT2D eigenvalue weighted by atomic mass is 16.2. The van der Waals surface area contributed by atoms with E-state index in [0.717, 1.165) is 18.4 Å². The molecule has 0 bridgehead atoms. The number of aromatic amines is 1.